The lowest BCUT2D eigenvalue weighted by atomic mass is 10.0. The minimum Gasteiger partial charge on any atom is -0.483 e. The Morgan fingerprint density at radius 3 is 2.80 bits per heavy atom. The molecule has 1 atom stereocenters. The smallest absolute Gasteiger partial charge is 0.262 e. The highest BCUT2D eigenvalue weighted by Gasteiger charge is 2.32. The van der Waals surface area contributed by atoms with Crippen LogP contribution < -0.4 is 10.1 Å². The summed E-state index contributed by atoms with van der Waals surface area (Å²) in [4.78, 5) is 24.3. The van der Waals surface area contributed by atoms with Gasteiger partial charge in [-0.05, 0) is 49.1 Å². The average molecular weight is 341 g/mol. The van der Waals surface area contributed by atoms with Crippen LogP contribution in [0.1, 0.15) is 46.3 Å². The highest BCUT2D eigenvalue weighted by atomic mass is 19.1. The highest BCUT2D eigenvalue weighted by Crippen LogP contribution is 2.39. The molecule has 130 valence electrons. The van der Waals surface area contributed by atoms with E-state index in [4.69, 9.17) is 4.74 Å². The van der Waals surface area contributed by atoms with Crippen LogP contribution in [-0.4, -0.2) is 18.3 Å². The topological polar surface area (TPSA) is 55.4 Å². The maximum absolute atomic E-state index is 14.0. The van der Waals surface area contributed by atoms with Crippen LogP contribution in [0.4, 0.5) is 10.1 Å². The fourth-order valence-electron chi connectivity index (χ4n) is 3.15. The number of ether oxygens (including phenoxy) is 1. The lowest BCUT2D eigenvalue weighted by molar-refractivity contribution is -0.118. The van der Waals surface area contributed by atoms with E-state index >= 15 is 0 Å². The molecule has 1 N–H and O–H groups in total. The second-order valence-corrected chi connectivity index (χ2v) is 6.52. The fourth-order valence-corrected chi connectivity index (χ4v) is 3.15. The van der Waals surface area contributed by atoms with Crippen LogP contribution in [0.5, 0.6) is 5.75 Å². The van der Waals surface area contributed by atoms with E-state index in [2.05, 4.69) is 5.32 Å². The van der Waals surface area contributed by atoms with Crippen molar-refractivity contribution in [2.24, 2.45) is 0 Å². The molecule has 4 nitrogen and oxygen atoms in total. The van der Waals surface area contributed by atoms with Gasteiger partial charge in [0, 0.05) is 17.7 Å². The van der Waals surface area contributed by atoms with Crippen molar-refractivity contribution in [2.45, 2.75) is 33.1 Å². The van der Waals surface area contributed by atoms with Crippen LogP contribution in [0.15, 0.2) is 30.3 Å². The molecule has 0 aliphatic heterocycles. The molecule has 0 unspecified atom stereocenters. The van der Waals surface area contributed by atoms with Gasteiger partial charge in [-0.3, -0.25) is 9.59 Å². The van der Waals surface area contributed by atoms with Crippen molar-refractivity contribution in [1.82, 2.24) is 0 Å². The molecule has 0 aromatic heterocycles. The van der Waals surface area contributed by atoms with Crippen LogP contribution in [0.2, 0.25) is 0 Å². The van der Waals surface area contributed by atoms with E-state index in [-0.39, 0.29) is 41.9 Å². The number of carbonyl (C=O) groups excluding carboxylic acids is 2. The van der Waals surface area contributed by atoms with E-state index < -0.39 is 5.82 Å². The largest absolute Gasteiger partial charge is 0.483 e. The number of fused-ring (bicyclic) bond motifs is 1. The summed E-state index contributed by atoms with van der Waals surface area (Å²) in [6.07, 6.45) is 0.265. The van der Waals surface area contributed by atoms with Crippen molar-refractivity contribution >= 4 is 17.4 Å². The third-order valence-corrected chi connectivity index (χ3v) is 4.44. The van der Waals surface area contributed by atoms with Crippen LogP contribution in [0.25, 0.3) is 0 Å². The minimum absolute atomic E-state index is 0.146. The highest BCUT2D eigenvalue weighted by molar-refractivity contribution is 6.04. The molecule has 25 heavy (non-hydrogen) atoms. The summed E-state index contributed by atoms with van der Waals surface area (Å²) in [6.45, 7) is 5.42. The molecule has 0 fully saturated rings. The first-order valence-electron chi connectivity index (χ1n) is 8.22. The molecule has 0 saturated heterocycles. The van der Waals surface area contributed by atoms with Gasteiger partial charge in [-0.25, -0.2) is 4.39 Å². The molecule has 0 heterocycles. The van der Waals surface area contributed by atoms with E-state index in [0.717, 1.165) is 16.8 Å². The van der Waals surface area contributed by atoms with Gasteiger partial charge in [0.2, 0.25) is 0 Å². The Hall–Kier alpha value is -2.69. The van der Waals surface area contributed by atoms with Crippen molar-refractivity contribution in [3.63, 3.8) is 0 Å². The maximum atomic E-state index is 14.0. The third kappa shape index (κ3) is 3.40. The van der Waals surface area contributed by atoms with E-state index in [1.54, 1.807) is 0 Å². The summed E-state index contributed by atoms with van der Waals surface area (Å²) < 4.78 is 19.5. The summed E-state index contributed by atoms with van der Waals surface area (Å²) in [5, 5.41) is 2.80. The van der Waals surface area contributed by atoms with Crippen LogP contribution in [0, 0.1) is 19.7 Å². The van der Waals surface area contributed by atoms with Gasteiger partial charge in [0.15, 0.2) is 12.4 Å². The number of hydrogen-bond acceptors (Lipinski definition) is 3. The van der Waals surface area contributed by atoms with E-state index in [1.807, 2.05) is 39.0 Å². The summed E-state index contributed by atoms with van der Waals surface area (Å²) in [5.74, 6) is -0.783. The number of Topliss-reactive ketones (excluding diaryl/α,β-unsaturated/α-hetero) is 1. The van der Waals surface area contributed by atoms with Gasteiger partial charge in [-0.2, -0.15) is 0 Å². The number of hydrogen-bond donors (Lipinski definition) is 1. The molecule has 1 aliphatic carbocycles. The quantitative estimate of drug-likeness (QED) is 0.909. The molecule has 0 radical (unpaired) electrons. The van der Waals surface area contributed by atoms with Crippen LogP contribution in [0.3, 0.4) is 0 Å². The van der Waals surface area contributed by atoms with E-state index in [1.165, 1.54) is 12.1 Å². The third-order valence-electron chi connectivity index (χ3n) is 4.44. The molecule has 0 saturated carbocycles. The van der Waals surface area contributed by atoms with Crippen molar-refractivity contribution in [1.29, 1.82) is 0 Å². The first-order chi connectivity index (χ1) is 11.9. The summed E-state index contributed by atoms with van der Waals surface area (Å²) in [6, 6.07) is 8.48. The number of carbonyl (C=O) groups is 2. The second kappa shape index (κ2) is 6.67. The lowest BCUT2D eigenvalue weighted by Crippen LogP contribution is -2.21. The zero-order valence-corrected chi connectivity index (χ0v) is 14.5. The van der Waals surface area contributed by atoms with E-state index in [0.29, 0.717) is 5.56 Å². The number of ketones is 1. The molecule has 0 spiro atoms. The first kappa shape index (κ1) is 17.1. The number of amides is 1. The van der Waals surface area contributed by atoms with Gasteiger partial charge in [-0.1, -0.05) is 19.1 Å². The molecular weight excluding hydrogens is 321 g/mol. The van der Waals surface area contributed by atoms with Gasteiger partial charge in [-0.15, -0.1) is 0 Å². The van der Waals surface area contributed by atoms with Gasteiger partial charge in [0.1, 0.15) is 11.6 Å². The standard InChI is InChI=1S/C20H20FNO3/c1-11-4-5-12(2)15(8-11)22-18(24)10-25-17-7-6-14(21)19-13(3)9-16(23)20(17)19/h4-8,13H,9-10H2,1-3H3,(H,22,24)/t13-/m0/s1. The molecular formula is C20H20FNO3. The normalized spacial score (nSPS) is 15.8. The predicted octanol–water partition coefficient (Wildman–Crippen LogP) is 4.15. The number of aryl methyl sites for hydroxylation is 2. The Bertz CT molecular complexity index is 860. The van der Waals surface area contributed by atoms with Crippen molar-refractivity contribution in [2.75, 3.05) is 11.9 Å². The SMILES string of the molecule is Cc1ccc(C)c(NC(=O)COc2ccc(F)c3c2C(=O)C[C@@H]3C)c1. The van der Waals surface area contributed by atoms with Gasteiger partial charge < -0.3 is 10.1 Å². The number of rotatable bonds is 4. The monoisotopic (exact) mass is 341 g/mol. The Kier molecular flexibility index (Phi) is 4.57. The Morgan fingerprint density at radius 1 is 1.28 bits per heavy atom. The molecule has 1 aliphatic rings. The fraction of sp³-hybridized carbons (Fsp3) is 0.300. The van der Waals surface area contributed by atoms with Gasteiger partial charge in [0.25, 0.3) is 5.91 Å². The summed E-state index contributed by atoms with van der Waals surface area (Å²) in [5.41, 5.74) is 3.37. The van der Waals surface area contributed by atoms with Crippen LogP contribution >= 0.6 is 0 Å². The second-order valence-electron chi connectivity index (χ2n) is 6.52. The Balaban J connectivity index is 1.73. The number of nitrogens with one attached hydrogen (secondary N) is 1. The molecule has 5 heteroatoms. The molecule has 2 aromatic carbocycles. The molecule has 1 amide bonds. The zero-order valence-electron chi connectivity index (χ0n) is 14.5. The summed E-state index contributed by atoms with van der Waals surface area (Å²) >= 11 is 0. The van der Waals surface area contributed by atoms with Crippen molar-refractivity contribution < 1.29 is 18.7 Å². The number of anilines is 1. The average Bonchev–Trinajstić information content (AvgIpc) is 2.86. The minimum atomic E-state index is -0.402. The number of benzene rings is 2. The Morgan fingerprint density at radius 2 is 2.04 bits per heavy atom. The van der Waals surface area contributed by atoms with E-state index in [9.17, 15) is 14.0 Å². The van der Waals surface area contributed by atoms with Gasteiger partial charge >= 0.3 is 0 Å². The van der Waals surface area contributed by atoms with Crippen molar-refractivity contribution in [3.05, 3.63) is 58.4 Å². The predicted molar refractivity (Wildman–Crippen MR) is 93.8 cm³/mol. The zero-order chi connectivity index (χ0) is 18.1. The molecule has 3 rings (SSSR count). The molecule has 2 aromatic rings. The summed E-state index contributed by atoms with van der Waals surface area (Å²) in [7, 11) is 0. The van der Waals surface area contributed by atoms with Crippen molar-refractivity contribution in [3.8, 4) is 5.75 Å². The maximum Gasteiger partial charge on any atom is 0.262 e. The Labute approximate surface area is 146 Å². The molecule has 0 bridgehead atoms. The number of halogens is 1. The lowest BCUT2D eigenvalue weighted by Gasteiger charge is -2.13. The first-order valence-corrected chi connectivity index (χ1v) is 8.22. The van der Waals surface area contributed by atoms with Gasteiger partial charge in [0.05, 0.1) is 5.56 Å². The van der Waals surface area contributed by atoms with Crippen LogP contribution in [-0.2, 0) is 4.79 Å².